The average molecular weight is 473 g/mol. The van der Waals surface area contributed by atoms with Crippen LogP contribution >= 0.6 is 0 Å². The first-order chi connectivity index (χ1) is 17.0. The van der Waals surface area contributed by atoms with Crippen LogP contribution in [0.5, 0.6) is 5.75 Å². The van der Waals surface area contributed by atoms with Crippen LogP contribution in [0.15, 0.2) is 66.9 Å². The van der Waals surface area contributed by atoms with Crippen molar-refractivity contribution in [1.29, 1.82) is 0 Å². The zero-order valence-electron chi connectivity index (χ0n) is 19.4. The number of methoxy groups -OCH3 is 1. The number of carbonyl (C=O) groups excluding carboxylic acids is 3. The number of carbonyl (C=O) groups is 3. The van der Waals surface area contributed by atoms with Crippen molar-refractivity contribution in [3.63, 3.8) is 0 Å². The Morgan fingerprint density at radius 2 is 1.74 bits per heavy atom. The number of amides is 1. The molecule has 2 heterocycles. The number of hydrogen-bond donors (Lipinski definition) is 1. The van der Waals surface area contributed by atoms with Crippen LogP contribution in [-0.2, 0) is 9.53 Å². The molecule has 1 amide bonds. The molecule has 0 fully saturated rings. The van der Waals surface area contributed by atoms with Gasteiger partial charge in [0.05, 0.1) is 25.4 Å². The second-order valence-electron chi connectivity index (χ2n) is 7.60. The molecule has 0 spiro atoms. The molecule has 178 valence electrons. The fourth-order valence-electron chi connectivity index (χ4n) is 3.52. The van der Waals surface area contributed by atoms with Crippen molar-refractivity contribution in [2.45, 2.75) is 19.8 Å². The Hall–Kier alpha value is -4.53. The van der Waals surface area contributed by atoms with Crippen molar-refractivity contribution in [3.05, 3.63) is 78.0 Å². The van der Waals surface area contributed by atoms with E-state index in [0.29, 0.717) is 17.1 Å². The number of Topliss-reactive ketones (excluding diaryl/α,β-unsaturated/α-hetero) is 1. The van der Waals surface area contributed by atoms with Gasteiger partial charge in [0.25, 0.3) is 0 Å². The number of para-hydroxylation sites is 1. The van der Waals surface area contributed by atoms with E-state index >= 15 is 0 Å². The molecule has 0 atom stereocenters. The SMILES string of the molecule is CCOC(=O)c1cnn(-c2ccc3ccccc3n2)c1NC(=O)CCC(=O)c1ccc(OC)cc1. The number of nitrogens with zero attached hydrogens (tertiary/aromatic N) is 3. The summed E-state index contributed by atoms with van der Waals surface area (Å²) in [6.07, 6.45) is 1.24. The number of rotatable bonds is 9. The Morgan fingerprint density at radius 3 is 2.49 bits per heavy atom. The molecule has 0 aliphatic heterocycles. The normalized spacial score (nSPS) is 10.7. The van der Waals surface area contributed by atoms with Gasteiger partial charge in [0.15, 0.2) is 17.4 Å². The first-order valence-corrected chi connectivity index (χ1v) is 11.1. The molecular weight excluding hydrogens is 448 g/mol. The highest BCUT2D eigenvalue weighted by molar-refractivity contribution is 6.03. The van der Waals surface area contributed by atoms with Gasteiger partial charge in [-0.15, -0.1) is 0 Å². The van der Waals surface area contributed by atoms with Crippen molar-refractivity contribution < 1.29 is 23.9 Å². The number of anilines is 1. The molecule has 1 N–H and O–H groups in total. The number of aromatic nitrogens is 3. The van der Waals surface area contributed by atoms with Gasteiger partial charge < -0.3 is 14.8 Å². The quantitative estimate of drug-likeness (QED) is 0.287. The number of pyridine rings is 1. The van der Waals surface area contributed by atoms with Gasteiger partial charge in [-0.3, -0.25) is 9.59 Å². The fourth-order valence-corrected chi connectivity index (χ4v) is 3.52. The molecular formula is C26H24N4O5. The molecule has 0 unspecified atom stereocenters. The maximum absolute atomic E-state index is 12.8. The number of nitrogens with one attached hydrogen (secondary N) is 1. The molecule has 0 aliphatic carbocycles. The monoisotopic (exact) mass is 472 g/mol. The Bertz CT molecular complexity index is 1380. The molecule has 2 aromatic carbocycles. The molecule has 2 aromatic heterocycles. The first-order valence-electron chi connectivity index (χ1n) is 11.1. The van der Waals surface area contributed by atoms with Crippen LogP contribution in [0, 0.1) is 0 Å². The summed E-state index contributed by atoms with van der Waals surface area (Å²) in [7, 11) is 1.55. The molecule has 0 bridgehead atoms. The minimum Gasteiger partial charge on any atom is -0.497 e. The Morgan fingerprint density at radius 1 is 0.971 bits per heavy atom. The molecule has 4 aromatic rings. The molecule has 0 saturated carbocycles. The number of ether oxygens (including phenoxy) is 2. The van der Waals surface area contributed by atoms with Gasteiger partial charge in [-0.2, -0.15) is 9.78 Å². The van der Waals surface area contributed by atoms with Gasteiger partial charge in [-0.25, -0.2) is 9.78 Å². The van der Waals surface area contributed by atoms with Crippen molar-refractivity contribution in [1.82, 2.24) is 14.8 Å². The average Bonchev–Trinajstić information content (AvgIpc) is 3.30. The third-order valence-corrected chi connectivity index (χ3v) is 5.31. The van der Waals surface area contributed by atoms with E-state index < -0.39 is 11.9 Å². The zero-order valence-corrected chi connectivity index (χ0v) is 19.4. The van der Waals surface area contributed by atoms with E-state index in [4.69, 9.17) is 9.47 Å². The topological polar surface area (TPSA) is 112 Å². The van der Waals surface area contributed by atoms with E-state index in [9.17, 15) is 14.4 Å². The highest BCUT2D eigenvalue weighted by Crippen LogP contribution is 2.23. The van der Waals surface area contributed by atoms with Gasteiger partial charge in [0, 0.05) is 23.8 Å². The number of fused-ring (bicyclic) bond motifs is 1. The predicted octanol–water partition coefficient (Wildman–Crippen LogP) is 4.21. The van der Waals surface area contributed by atoms with Crippen LogP contribution in [0.2, 0.25) is 0 Å². The van der Waals surface area contributed by atoms with Crippen LogP contribution in [0.3, 0.4) is 0 Å². The van der Waals surface area contributed by atoms with Crippen LogP contribution < -0.4 is 10.1 Å². The van der Waals surface area contributed by atoms with Crippen molar-refractivity contribution in [2.24, 2.45) is 0 Å². The van der Waals surface area contributed by atoms with E-state index in [2.05, 4.69) is 15.4 Å². The minimum atomic E-state index is -0.621. The van der Waals surface area contributed by atoms with Gasteiger partial charge in [0.2, 0.25) is 5.91 Å². The Kier molecular flexibility index (Phi) is 7.15. The maximum Gasteiger partial charge on any atom is 0.343 e. The largest absolute Gasteiger partial charge is 0.497 e. The fraction of sp³-hybridized carbons (Fsp3) is 0.192. The van der Waals surface area contributed by atoms with Crippen LogP contribution in [-0.4, -0.2) is 46.1 Å². The zero-order chi connectivity index (χ0) is 24.8. The lowest BCUT2D eigenvalue weighted by Gasteiger charge is -2.11. The molecule has 9 heteroatoms. The van der Waals surface area contributed by atoms with E-state index in [0.717, 1.165) is 10.9 Å². The molecule has 35 heavy (non-hydrogen) atoms. The lowest BCUT2D eigenvalue weighted by atomic mass is 10.1. The molecule has 0 aliphatic rings. The van der Waals surface area contributed by atoms with Crippen LogP contribution in [0.4, 0.5) is 5.82 Å². The standard InChI is InChI=1S/C26H24N4O5/c1-3-35-26(33)20-16-27-30(23-14-10-17-6-4-5-7-21(17)28-23)25(20)29-24(32)15-13-22(31)18-8-11-19(34-2)12-9-18/h4-12,14,16H,3,13,15H2,1-2H3,(H,29,32). The summed E-state index contributed by atoms with van der Waals surface area (Å²) in [5, 5.41) is 7.93. The maximum atomic E-state index is 12.8. The molecule has 0 radical (unpaired) electrons. The van der Waals surface area contributed by atoms with E-state index in [1.807, 2.05) is 30.3 Å². The second-order valence-corrected chi connectivity index (χ2v) is 7.60. The van der Waals surface area contributed by atoms with Gasteiger partial charge in [0.1, 0.15) is 11.3 Å². The summed E-state index contributed by atoms with van der Waals surface area (Å²) in [6.45, 7) is 1.86. The third-order valence-electron chi connectivity index (χ3n) is 5.31. The Labute approximate surface area is 201 Å². The summed E-state index contributed by atoms with van der Waals surface area (Å²) in [6, 6.07) is 17.9. The van der Waals surface area contributed by atoms with Crippen LogP contribution in [0.1, 0.15) is 40.5 Å². The van der Waals surface area contributed by atoms with E-state index in [-0.39, 0.29) is 36.6 Å². The minimum absolute atomic E-state index is 0.00470. The highest BCUT2D eigenvalue weighted by atomic mass is 16.5. The van der Waals surface area contributed by atoms with E-state index in [1.54, 1.807) is 44.4 Å². The number of hydrogen-bond acceptors (Lipinski definition) is 7. The van der Waals surface area contributed by atoms with Crippen molar-refractivity contribution >= 4 is 34.4 Å². The Balaban J connectivity index is 1.55. The van der Waals surface area contributed by atoms with Gasteiger partial charge in [-0.1, -0.05) is 18.2 Å². The number of esters is 1. The molecule has 4 rings (SSSR count). The second kappa shape index (κ2) is 10.6. The van der Waals surface area contributed by atoms with Crippen LogP contribution in [0.25, 0.3) is 16.7 Å². The lowest BCUT2D eigenvalue weighted by molar-refractivity contribution is -0.116. The predicted molar refractivity (Wildman–Crippen MR) is 130 cm³/mol. The summed E-state index contributed by atoms with van der Waals surface area (Å²) in [5.41, 5.74) is 1.31. The number of ketones is 1. The van der Waals surface area contributed by atoms with Crippen molar-refractivity contribution in [3.8, 4) is 11.6 Å². The van der Waals surface area contributed by atoms with E-state index in [1.165, 1.54) is 10.9 Å². The number of benzene rings is 2. The molecule has 9 nitrogen and oxygen atoms in total. The highest BCUT2D eigenvalue weighted by Gasteiger charge is 2.22. The van der Waals surface area contributed by atoms with Gasteiger partial charge >= 0.3 is 5.97 Å². The first kappa shape index (κ1) is 23.6. The third kappa shape index (κ3) is 5.35. The lowest BCUT2D eigenvalue weighted by Crippen LogP contribution is -2.19. The summed E-state index contributed by atoms with van der Waals surface area (Å²) < 4.78 is 11.6. The summed E-state index contributed by atoms with van der Waals surface area (Å²) >= 11 is 0. The molecule has 0 saturated heterocycles. The smallest absolute Gasteiger partial charge is 0.343 e. The summed E-state index contributed by atoms with van der Waals surface area (Å²) in [4.78, 5) is 42.4. The van der Waals surface area contributed by atoms with Crippen molar-refractivity contribution in [2.75, 3.05) is 19.0 Å². The van der Waals surface area contributed by atoms with Gasteiger partial charge in [-0.05, 0) is 49.4 Å². The summed E-state index contributed by atoms with van der Waals surface area (Å²) in [5.74, 6) is -0.0550.